The van der Waals surface area contributed by atoms with E-state index in [1.165, 1.54) is 7.11 Å². The average molecular weight is 493 g/mol. The minimum atomic E-state index is -0.748. The van der Waals surface area contributed by atoms with E-state index >= 15 is 0 Å². The van der Waals surface area contributed by atoms with E-state index < -0.39 is 23.5 Å². The van der Waals surface area contributed by atoms with Gasteiger partial charge in [-0.05, 0) is 24.6 Å². The third-order valence-corrected chi connectivity index (χ3v) is 6.68. The number of para-hydroxylation sites is 1. The van der Waals surface area contributed by atoms with E-state index in [4.69, 9.17) is 20.8 Å². The molecule has 7 nitrogen and oxygen atoms in total. The number of unbranched alkanes of at least 4 members (excludes halogenated alkanes) is 2. The zero-order chi connectivity index (χ0) is 24.7. The third-order valence-electron chi connectivity index (χ3n) is 6.46. The Hall–Kier alpha value is -3.71. The maximum atomic E-state index is 13.8. The van der Waals surface area contributed by atoms with Crippen molar-refractivity contribution in [2.24, 2.45) is 0 Å². The van der Waals surface area contributed by atoms with Crippen molar-refractivity contribution in [3.05, 3.63) is 76.3 Å². The number of carbonyl (C=O) groups is 2. The molecule has 0 radical (unpaired) electrons. The summed E-state index contributed by atoms with van der Waals surface area (Å²) in [4.78, 5) is 31.8. The second kappa shape index (κ2) is 9.15. The number of aromatic amines is 1. The highest BCUT2D eigenvalue weighted by Crippen LogP contribution is 2.43. The van der Waals surface area contributed by atoms with E-state index in [0.29, 0.717) is 28.3 Å². The molecule has 3 heterocycles. The van der Waals surface area contributed by atoms with E-state index in [2.05, 4.69) is 11.9 Å². The first-order valence-corrected chi connectivity index (χ1v) is 11.9. The number of aliphatic hydroxyl groups excluding tert-OH is 1. The molecule has 2 aromatic carbocycles. The molecule has 1 aliphatic heterocycles. The molecule has 1 unspecified atom stereocenters. The van der Waals surface area contributed by atoms with E-state index in [-0.39, 0.29) is 11.3 Å². The number of fused-ring (bicyclic) bond motifs is 2. The summed E-state index contributed by atoms with van der Waals surface area (Å²) < 4.78 is 11.2. The van der Waals surface area contributed by atoms with Gasteiger partial charge in [-0.2, -0.15) is 0 Å². The average Bonchev–Trinajstić information content (AvgIpc) is 3.54. The smallest absolute Gasteiger partial charge is 0.290 e. The number of carbonyl (C=O) groups excluding carboxylic acids is 2. The molecule has 35 heavy (non-hydrogen) atoms. The lowest BCUT2D eigenvalue weighted by molar-refractivity contribution is -0.129. The number of benzene rings is 2. The topological polar surface area (TPSA) is 95.8 Å². The van der Waals surface area contributed by atoms with Crippen LogP contribution in [-0.2, 0) is 4.79 Å². The number of furan rings is 1. The van der Waals surface area contributed by atoms with Gasteiger partial charge in [-0.25, -0.2) is 0 Å². The molecule has 5 rings (SSSR count). The van der Waals surface area contributed by atoms with Gasteiger partial charge in [-0.3, -0.25) is 9.59 Å². The molecule has 1 aliphatic rings. The molecule has 2 N–H and O–H groups in total. The van der Waals surface area contributed by atoms with E-state index in [0.717, 1.165) is 35.7 Å². The van der Waals surface area contributed by atoms with Crippen LogP contribution in [0.5, 0.6) is 5.75 Å². The van der Waals surface area contributed by atoms with Crippen LogP contribution in [0.25, 0.3) is 21.9 Å². The molecule has 1 atom stereocenters. The maximum absolute atomic E-state index is 13.8. The van der Waals surface area contributed by atoms with Crippen molar-refractivity contribution < 1.29 is 23.8 Å². The van der Waals surface area contributed by atoms with Crippen molar-refractivity contribution in [1.29, 1.82) is 0 Å². The van der Waals surface area contributed by atoms with Gasteiger partial charge in [0.05, 0.1) is 18.7 Å². The molecular formula is C27H25ClN2O5. The van der Waals surface area contributed by atoms with Crippen molar-refractivity contribution in [2.45, 2.75) is 32.2 Å². The Morgan fingerprint density at radius 2 is 2.03 bits per heavy atom. The summed E-state index contributed by atoms with van der Waals surface area (Å²) in [7, 11) is 1.49. The lowest BCUT2D eigenvalue weighted by atomic mass is 9.94. The van der Waals surface area contributed by atoms with Crippen LogP contribution in [-0.4, -0.2) is 40.3 Å². The first-order chi connectivity index (χ1) is 16.9. The summed E-state index contributed by atoms with van der Waals surface area (Å²) in [6, 6.07) is 11.7. The SMILES string of the molecule is CCCCCN1C(=O)C(O)=C(C(=O)c2cc3cc(Cl)cc(OC)c3o2)C1c1c[nH]c2ccccc12. The predicted molar refractivity (Wildman–Crippen MR) is 134 cm³/mol. The fourth-order valence-corrected chi connectivity index (χ4v) is 4.99. The van der Waals surface area contributed by atoms with Crippen molar-refractivity contribution in [3.8, 4) is 5.75 Å². The molecule has 1 amide bonds. The summed E-state index contributed by atoms with van der Waals surface area (Å²) in [5.41, 5.74) is 1.99. The summed E-state index contributed by atoms with van der Waals surface area (Å²) >= 11 is 6.18. The zero-order valence-corrected chi connectivity index (χ0v) is 20.2. The Morgan fingerprint density at radius 1 is 1.23 bits per heavy atom. The van der Waals surface area contributed by atoms with Crippen molar-refractivity contribution in [2.75, 3.05) is 13.7 Å². The van der Waals surface area contributed by atoms with Crippen LogP contribution in [0, 0.1) is 0 Å². The van der Waals surface area contributed by atoms with Crippen LogP contribution in [0.4, 0.5) is 0 Å². The quantitative estimate of drug-likeness (QED) is 0.221. The predicted octanol–water partition coefficient (Wildman–Crippen LogP) is 6.34. The number of aliphatic hydroxyl groups is 1. The number of nitrogens with one attached hydrogen (secondary N) is 1. The van der Waals surface area contributed by atoms with Gasteiger partial charge in [0.15, 0.2) is 22.9 Å². The molecular weight excluding hydrogens is 468 g/mol. The van der Waals surface area contributed by atoms with Crippen LogP contribution >= 0.6 is 11.6 Å². The summed E-state index contributed by atoms with van der Waals surface area (Å²) in [5.74, 6) is -1.28. The fraction of sp³-hybridized carbons (Fsp3) is 0.259. The molecule has 0 saturated heterocycles. The molecule has 0 fully saturated rings. The highest BCUT2D eigenvalue weighted by atomic mass is 35.5. The number of halogens is 1. The van der Waals surface area contributed by atoms with Crippen molar-refractivity contribution in [1.82, 2.24) is 9.88 Å². The largest absolute Gasteiger partial charge is 0.503 e. The van der Waals surface area contributed by atoms with Crippen LogP contribution in [0.15, 0.2) is 64.4 Å². The Labute approximate surface area is 206 Å². The molecule has 4 aromatic rings. The van der Waals surface area contributed by atoms with Gasteiger partial charge in [0.1, 0.15) is 0 Å². The Bertz CT molecular complexity index is 1480. The highest BCUT2D eigenvalue weighted by molar-refractivity contribution is 6.31. The highest BCUT2D eigenvalue weighted by Gasteiger charge is 2.45. The number of hydrogen-bond donors (Lipinski definition) is 2. The van der Waals surface area contributed by atoms with Gasteiger partial charge in [0.2, 0.25) is 5.78 Å². The number of ether oxygens (including phenoxy) is 1. The first-order valence-electron chi connectivity index (χ1n) is 11.6. The van der Waals surface area contributed by atoms with Gasteiger partial charge in [0.25, 0.3) is 5.91 Å². The number of nitrogens with zero attached hydrogens (tertiary/aromatic N) is 1. The lowest BCUT2D eigenvalue weighted by Gasteiger charge is -2.26. The number of Topliss-reactive ketones (excluding diaryl/α,β-unsaturated/α-hetero) is 1. The summed E-state index contributed by atoms with van der Waals surface area (Å²) in [6.45, 7) is 2.50. The number of H-pyrrole nitrogens is 1. The molecule has 0 aliphatic carbocycles. The van der Waals surface area contributed by atoms with Gasteiger partial charge in [-0.15, -0.1) is 0 Å². The minimum absolute atomic E-state index is 0.000344. The van der Waals surface area contributed by atoms with Gasteiger partial charge < -0.3 is 24.1 Å². The monoisotopic (exact) mass is 492 g/mol. The number of rotatable bonds is 8. The first kappa shape index (κ1) is 23.1. The fourth-order valence-electron chi connectivity index (χ4n) is 4.77. The standard InChI is InChI=1S/C27H25ClN2O5/c1-3-4-7-10-30-23(18-14-29-19-9-6-5-8-17(18)19)22(25(32)27(30)33)24(31)20-12-15-11-16(28)13-21(34-2)26(15)35-20/h5-6,8-9,11-14,23,29,32H,3-4,7,10H2,1-2H3. The third kappa shape index (κ3) is 3.86. The molecule has 8 heteroatoms. The number of amides is 1. The van der Waals surface area contributed by atoms with Gasteiger partial charge in [-0.1, -0.05) is 49.6 Å². The van der Waals surface area contributed by atoms with E-state index in [1.54, 1.807) is 29.3 Å². The second-order valence-corrected chi connectivity index (χ2v) is 9.06. The minimum Gasteiger partial charge on any atom is -0.503 e. The lowest BCUT2D eigenvalue weighted by Crippen LogP contribution is -2.32. The Morgan fingerprint density at radius 3 is 2.80 bits per heavy atom. The molecule has 0 bridgehead atoms. The van der Waals surface area contributed by atoms with Gasteiger partial charge in [0, 0.05) is 45.7 Å². The summed E-state index contributed by atoms with van der Waals surface area (Å²) in [5, 5.41) is 12.9. The van der Waals surface area contributed by atoms with Crippen molar-refractivity contribution >= 4 is 45.2 Å². The number of methoxy groups -OCH3 is 1. The Kier molecular flexibility index (Phi) is 6.03. The number of hydrogen-bond acceptors (Lipinski definition) is 5. The molecule has 180 valence electrons. The maximum Gasteiger partial charge on any atom is 0.290 e. The van der Waals surface area contributed by atoms with E-state index in [9.17, 15) is 14.7 Å². The van der Waals surface area contributed by atoms with Crippen LogP contribution in [0.3, 0.4) is 0 Å². The molecule has 2 aromatic heterocycles. The molecule has 0 spiro atoms. The zero-order valence-electron chi connectivity index (χ0n) is 19.4. The normalized spacial score (nSPS) is 16.1. The summed E-state index contributed by atoms with van der Waals surface area (Å²) in [6.07, 6.45) is 4.46. The van der Waals surface area contributed by atoms with Gasteiger partial charge >= 0.3 is 0 Å². The van der Waals surface area contributed by atoms with E-state index in [1.807, 2.05) is 24.3 Å². The van der Waals surface area contributed by atoms with Crippen LogP contribution < -0.4 is 4.74 Å². The number of aromatic nitrogens is 1. The van der Waals surface area contributed by atoms with Crippen LogP contribution in [0.1, 0.15) is 48.3 Å². The van der Waals surface area contributed by atoms with Crippen molar-refractivity contribution in [3.63, 3.8) is 0 Å². The second-order valence-electron chi connectivity index (χ2n) is 8.63. The Balaban J connectivity index is 1.63. The van der Waals surface area contributed by atoms with Crippen LogP contribution in [0.2, 0.25) is 5.02 Å². The number of ketones is 1. The molecule has 0 saturated carbocycles.